The second-order valence-electron chi connectivity index (χ2n) is 5.22. The van der Waals surface area contributed by atoms with E-state index in [0.29, 0.717) is 5.92 Å². The van der Waals surface area contributed by atoms with Crippen molar-refractivity contribution < 1.29 is 0 Å². The molecule has 3 atom stereocenters. The van der Waals surface area contributed by atoms with Gasteiger partial charge in [-0.05, 0) is 0 Å². The molecule has 1 aliphatic rings. The molecule has 0 heterocycles. The Balaban J connectivity index is 2.85. The van der Waals surface area contributed by atoms with Crippen molar-refractivity contribution in [2.45, 2.75) is 46.5 Å². The van der Waals surface area contributed by atoms with Crippen molar-refractivity contribution in [1.29, 1.82) is 0 Å². The van der Waals surface area contributed by atoms with Crippen molar-refractivity contribution in [3.8, 4) is 0 Å². The first kappa shape index (κ1) is 13.5. The molecule has 1 heteroatoms. The van der Waals surface area contributed by atoms with Crippen molar-refractivity contribution in [3.63, 3.8) is 0 Å². The van der Waals surface area contributed by atoms with Gasteiger partial charge in [0.2, 0.25) is 0 Å². The van der Waals surface area contributed by atoms with Crippen LogP contribution in [0.25, 0.3) is 0 Å². The average molecular weight is 215 g/mol. The summed E-state index contributed by atoms with van der Waals surface area (Å²) in [7, 11) is 5.62. The van der Waals surface area contributed by atoms with E-state index in [9.17, 15) is 0 Å². The third-order valence-corrected chi connectivity index (χ3v) is 4.24. The average Bonchev–Trinajstić information content (AvgIpc) is 2.30. The first-order chi connectivity index (χ1) is 7.61. The number of hydrogen-bond donors (Lipinski definition) is 0. The predicted octanol–water partition coefficient (Wildman–Crippen LogP) is 3.92. The van der Waals surface area contributed by atoms with Crippen molar-refractivity contribution in [1.82, 2.24) is 0 Å². The van der Waals surface area contributed by atoms with E-state index in [2.05, 4.69) is 27.4 Å². The molecule has 0 aromatic heterocycles. The summed E-state index contributed by atoms with van der Waals surface area (Å²) < 4.78 is 0. The normalized spacial score (nSPS) is 29.1. The Morgan fingerprint density at radius 1 is 1.38 bits per heavy atom. The molecule has 1 aliphatic carbocycles. The minimum atomic E-state index is 0.590. The summed E-state index contributed by atoms with van der Waals surface area (Å²) >= 11 is 0. The van der Waals surface area contributed by atoms with Gasteiger partial charge in [-0.1, -0.05) is 0 Å². The minimum absolute atomic E-state index is 0.590. The molecule has 0 nitrogen and oxygen atoms in total. The molecule has 1 radical (unpaired) electrons. The molecule has 0 aliphatic heterocycles. The monoisotopic (exact) mass is 215 g/mol. The summed E-state index contributed by atoms with van der Waals surface area (Å²) in [5.41, 5.74) is 2.52. The van der Waals surface area contributed by atoms with E-state index in [1.165, 1.54) is 36.8 Å². The summed E-state index contributed by atoms with van der Waals surface area (Å²) in [6, 6.07) is 0. The number of rotatable bonds is 4. The second kappa shape index (κ2) is 6.22. The van der Waals surface area contributed by atoms with E-state index in [1.54, 1.807) is 5.97 Å². The van der Waals surface area contributed by atoms with E-state index in [4.69, 9.17) is 7.49 Å². The number of allylic oxidation sites excluding steroid dienone is 3. The number of hydrogen-bond acceptors (Lipinski definition) is 0. The van der Waals surface area contributed by atoms with E-state index < -0.39 is 0 Å². The van der Waals surface area contributed by atoms with Crippen LogP contribution in [0.5, 0.6) is 0 Å². The molecule has 0 N–H and O–H groups in total. The first-order valence-electron chi connectivity index (χ1n) is 6.50. The summed E-state index contributed by atoms with van der Waals surface area (Å²) in [6.07, 6.45) is 7.52. The van der Waals surface area contributed by atoms with Crippen LogP contribution in [0.1, 0.15) is 46.5 Å². The molecule has 0 saturated heterocycles. The van der Waals surface area contributed by atoms with Gasteiger partial charge in [-0.3, -0.25) is 0 Å². The molecule has 1 fully saturated rings. The van der Waals surface area contributed by atoms with Gasteiger partial charge in [0.1, 0.15) is 0 Å². The zero-order valence-corrected chi connectivity index (χ0v) is 11.0. The van der Waals surface area contributed by atoms with E-state index in [0.717, 1.165) is 11.8 Å². The molecule has 0 aromatic rings. The molecule has 87 valence electrons. The van der Waals surface area contributed by atoms with E-state index >= 15 is 0 Å². The Bertz CT molecular complexity index is 288. The van der Waals surface area contributed by atoms with Gasteiger partial charge >= 0.3 is 101 Å². The quantitative estimate of drug-likeness (QED) is 0.492. The Morgan fingerprint density at radius 2 is 2.00 bits per heavy atom. The zero-order valence-electron chi connectivity index (χ0n) is 11.0. The Labute approximate surface area is 102 Å². The van der Waals surface area contributed by atoms with Gasteiger partial charge in [-0.15, -0.1) is 0 Å². The molecule has 0 amide bonds. The Hall–Kier alpha value is -0.585. The Morgan fingerprint density at radius 3 is 2.50 bits per heavy atom. The molecule has 3 unspecified atom stereocenters. The van der Waals surface area contributed by atoms with Crippen LogP contribution in [0, 0.1) is 17.8 Å². The van der Waals surface area contributed by atoms with Gasteiger partial charge in [0.15, 0.2) is 0 Å². The third kappa shape index (κ3) is 2.96. The zero-order chi connectivity index (χ0) is 12.1. The molecule has 0 bridgehead atoms. The fourth-order valence-electron chi connectivity index (χ4n) is 3.12. The van der Waals surface area contributed by atoms with Crippen LogP contribution in [0.2, 0.25) is 0 Å². The van der Waals surface area contributed by atoms with Crippen molar-refractivity contribution in [3.05, 3.63) is 23.8 Å². The van der Waals surface area contributed by atoms with E-state index in [1.807, 2.05) is 6.08 Å². The van der Waals surface area contributed by atoms with Gasteiger partial charge in [0, 0.05) is 0 Å². The van der Waals surface area contributed by atoms with Crippen LogP contribution in [0.3, 0.4) is 0 Å². The van der Waals surface area contributed by atoms with Gasteiger partial charge in [-0.25, -0.2) is 0 Å². The fraction of sp³-hybridized carbons (Fsp3) is 0.667. The standard InChI is InChI=1S/C15H24B/c1-5-14(12(3)10-16)13(4)15-9-7-6-8-11(15)2/h5,10-11,13,15H,1,6-9H2,2-4H3/b14-12+. The van der Waals surface area contributed by atoms with Crippen LogP contribution < -0.4 is 0 Å². The van der Waals surface area contributed by atoms with Gasteiger partial charge in [-0.2, -0.15) is 0 Å². The maximum atomic E-state index is 5.62. The van der Waals surface area contributed by atoms with Crippen LogP contribution in [0.15, 0.2) is 23.8 Å². The Kier molecular flexibility index (Phi) is 5.24. The maximum absolute atomic E-state index is 5.62. The van der Waals surface area contributed by atoms with Crippen molar-refractivity contribution >= 4 is 13.5 Å². The van der Waals surface area contributed by atoms with Gasteiger partial charge in [0.25, 0.3) is 0 Å². The first-order valence-corrected chi connectivity index (χ1v) is 6.50. The summed E-state index contributed by atoms with van der Waals surface area (Å²) in [5.74, 6) is 3.94. The summed E-state index contributed by atoms with van der Waals surface area (Å²) in [6.45, 7) is 10.7. The predicted molar refractivity (Wildman–Crippen MR) is 75.0 cm³/mol. The molecular weight excluding hydrogens is 191 g/mol. The molecule has 0 spiro atoms. The molecule has 0 aromatic carbocycles. The fourth-order valence-corrected chi connectivity index (χ4v) is 3.12. The molecular formula is C15H24B. The topological polar surface area (TPSA) is 0 Å². The van der Waals surface area contributed by atoms with Crippen LogP contribution in [0.4, 0.5) is 0 Å². The van der Waals surface area contributed by atoms with Crippen LogP contribution in [-0.4, -0.2) is 13.5 Å². The molecule has 1 saturated carbocycles. The molecule has 16 heavy (non-hydrogen) atoms. The SMILES string of the molecule is [B]=C/C(C)=C(\C=C)C(C)C1CCCCC1C. The van der Waals surface area contributed by atoms with Crippen LogP contribution in [-0.2, 0) is 0 Å². The van der Waals surface area contributed by atoms with Gasteiger partial charge in [0.05, 0.1) is 0 Å². The summed E-state index contributed by atoms with van der Waals surface area (Å²) in [5, 5.41) is 0. The van der Waals surface area contributed by atoms with Crippen molar-refractivity contribution in [2.24, 2.45) is 17.8 Å². The molecule has 1 rings (SSSR count). The van der Waals surface area contributed by atoms with E-state index in [-0.39, 0.29) is 0 Å². The third-order valence-electron chi connectivity index (χ3n) is 4.24. The summed E-state index contributed by atoms with van der Waals surface area (Å²) in [4.78, 5) is 0. The second-order valence-corrected chi connectivity index (χ2v) is 5.22. The van der Waals surface area contributed by atoms with Gasteiger partial charge < -0.3 is 0 Å². The van der Waals surface area contributed by atoms with Crippen LogP contribution >= 0.6 is 0 Å². The van der Waals surface area contributed by atoms with Crippen molar-refractivity contribution in [2.75, 3.05) is 0 Å².